The average Bonchev–Trinajstić information content (AvgIpc) is 2.37. The van der Waals surface area contributed by atoms with Gasteiger partial charge in [0.25, 0.3) is 0 Å². The van der Waals surface area contributed by atoms with Gasteiger partial charge in [-0.25, -0.2) is 4.79 Å². The van der Waals surface area contributed by atoms with E-state index < -0.39 is 5.63 Å². The van der Waals surface area contributed by atoms with Crippen LogP contribution in [0.2, 0.25) is 0 Å². The van der Waals surface area contributed by atoms with Gasteiger partial charge < -0.3 is 9.15 Å². The summed E-state index contributed by atoms with van der Waals surface area (Å²) in [6.45, 7) is 4.69. The number of fused-ring (bicyclic) bond motifs is 1. The van der Waals surface area contributed by atoms with E-state index in [-0.39, 0.29) is 5.69 Å². The summed E-state index contributed by atoms with van der Waals surface area (Å²) >= 11 is 0. The molecule has 1 heterocycles. The number of ether oxygens (including phenoxy) is 1. The van der Waals surface area contributed by atoms with Crippen molar-refractivity contribution < 1.29 is 9.15 Å². The average molecular weight is 259 g/mol. The third kappa shape index (κ3) is 3.05. The van der Waals surface area contributed by atoms with Crippen molar-refractivity contribution in [2.24, 2.45) is 11.0 Å². The van der Waals surface area contributed by atoms with Crippen LogP contribution in [0.4, 0.5) is 5.69 Å². The Kier molecular flexibility index (Phi) is 3.73. The zero-order chi connectivity index (χ0) is 13.8. The summed E-state index contributed by atoms with van der Waals surface area (Å²) in [5.74, 6) is 1.05. The maximum absolute atomic E-state index is 11.5. The minimum absolute atomic E-state index is 0.0501. The van der Waals surface area contributed by atoms with E-state index in [1.54, 1.807) is 18.2 Å². The molecule has 0 aliphatic rings. The van der Waals surface area contributed by atoms with E-state index >= 15 is 0 Å². The van der Waals surface area contributed by atoms with Crippen LogP contribution in [0.1, 0.15) is 13.8 Å². The summed E-state index contributed by atoms with van der Waals surface area (Å²) in [4.78, 5) is 14.1. The van der Waals surface area contributed by atoms with Gasteiger partial charge in [0, 0.05) is 16.4 Å². The second-order valence-corrected chi connectivity index (χ2v) is 4.51. The molecule has 1 aromatic carbocycles. The summed E-state index contributed by atoms with van der Waals surface area (Å²) in [6.07, 6.45) is 0. The normalized spacial score (nSPS) is 10.5. The summed E-state index contributed by atoms with van der Waals surface area (Å²) in [7, 11) is 0. The molecule has 19 heavy (non-hydrogen) atoms. The number of hydrogen-bond donors (Lipinski definition) is 0. The van der Waals surface area contributed by atoms with Crippen molar-refractivity contribution in [1.82, 2.24) is 0 Å². The lowest BCUT2D eigenvalue weighted by Gasteiger charge is -2.08. The molecule has 0 amide bonds. The van der Waals surface area contributed by atoms with Gasteiger partial charge >= 0.3 is 5.63 Å². The van der Waals surface area contributed by atoms with Gasteiger partial charge in [0.2, 0.25) is 0 Å². The SMILES string of the molecule is CC(C)COc1ccc2cc(N=[N+]=[N-])c(=O)oc2c1. The van der Waals surface area contributed by atoms with E-state index in [0.717, 1.165) is 0 Å². The Morgan fingerprint density at radius 1 is 1.42 bits per heavy atom. The predicted molar refractivity (Wildman–Crippen MR) is 71.6 cm³/mol. The van der Waals surface area contributed by atoms with Crippen LogP contribution >= 0.6 is 0 Å². The summed E-state index contributed by atoms with van der Waals surface area (Å²) < 4.78 is 10.6. The van der Waals surface area contributed by atoms with E-state index in [2.05, 4.69) is 10.0 Å². The lowest BCUT2D eigenvalue weighted by Crippen LogP contribution is -2.04. The number of benzene rings is 1. The largest absolute Gasteiger partial charge is 0.493 e. The first kappa shape index (κ1) is 13.0. The molecule has 1 aromatic heterocycles. The standard InChI is InChI=1S/C13H13N3O3/c1-8(2)7-18-10-4-3-9-5-11(15-16-14)13(17)19-12(9)6-10/h3-6,8H,7H2,1-2H3. The molecular weight excluding hydrogens is 246 g/mol. The number of azide groups is 1. The van der Waals surface area contributed by atoms with Crippen molar-refractivity contribution in [3.8, 4) is 5.75 Å². The molecule has 0 unspecified atom stereocenters. The molecule has 6 nitrogen and oxygen atoms in total. The summed E-state index contributed by atoms with van der Waals surface area (Å²) in [5, 5.41) is 3.96. The zero-order valence-electron chi connectivity index (χ0n) is 10.7. The Morgan fingerprint density at radius 3 is 2.89 bits per heavy atom. The lowest BCUT2D eigenvalue weighted by molar-refractivity contribution is 0.271. The predicted octanol–water partition coefficient (Wildman–Crippen LogP) is 3.77. The van der Waals surface area contributed by atoms with Crippen molar-refractivity contribution in [1.29, 1.82) is 0 Å². The molecule has 0 N–H and O–H groups in total. The maximum Gasteiger partial charge on any atom is 0.345 e. The van der Waals surface area contributed by atoms with Crippen LogP contribution in [0.5, 0.6) is 5.75 Å². The molecule has 0 bridgehead atoms. The van der Waals surface area contributed by atoms with Crippen molar-refractivity contribution in [2.75, 3.05) is 6.61 Å². The fourth-order valence-corrected chi connectivity index (χ4v) is 1.55. The van der Waals surface area contributed by atoms with Crippen LogP contribution in [0.25, 0.3) is 21.4 Å². The minimum atomic E-state index is -0.661. The molecule has 0 aliphatic heterocycles. The fraction of sp³-hybridized carbons (Fsp3) is 0.308. The van der Waals surface area contributed by atoms with E-state index in [4.69, 9.17) is 14.7 Å². The monoisotopic (exact) mass is 259 g/mol. The highest BCUT2D eigenvalue weighted by Crippen LogP contribution is 2.23. The zero-order valence-corrected chi connectivity index (χ0v) is 10.7. The first-order chi connectivity index (χ1) is 9.10. The fourth-order valence-electron chi connectivity index (χ4n) is 1.55. The lowest BCUT2D eigenvalue weighted by atomic mass is 10.2. The highest BCUT2D eigenvalue weighted by Gasteiger charge is 2.05. The number of nitrogens with zero attached hydrogens (tertiary/aromatic N) is 3. The molecule has 0 saturated carbocycles. The first-order valence-electron chi connectivity index (χ1n) is 5.86. The molecular formula is C13H13N3O3. The van der Waals surface area contributed by atoms with Crippen LogP contribution in [-0.2, 0) is 0 Å². The smallest absolute Gasteiger partial charge is 0.345 e. The quantitative estimate of drug-likeness (QED) is 0.362. The second kappa shape index (κ2) is 5.46. The van der Waals surface area contributed by atoms with Gasteiger partial charge in [0.1, 0.15) is 17.0 Å². The summed E-state index contributed by atoms with van der Waals surface area (Å²) in [6, 6.07) is 6.68. The third-order valence-corrected chi connectivity index (χ3v) is 2.42. The molecule has 2 rings (SSSR count). The first-order valence-corrected chi connectivity index (χ1v) is 5.86. The van der Waals surface area contributed by atoms with Gasteiger partial charge in [-0.2, -0.15) is 0 Å². The van der Waals surface area contributed by atoms with Crippen LogP contribution in [-0.4, -0.2) is 6.61 Å². The Hall–Kier alpha value is -2.46. The Balaban J connectivity index is 2.41. The van der Waals surface area contributed by atoms with Gasteiger partial charge in [0.15, 0.2) is 0 Å². The van der Waals surface area contributed by atoms with Gasteiger partial charge in [-0.15, -0.1) is 0 Å². The Labute approximate surface area is 109 Å². The van der Waals surface area contributed by atoms with Crippen LogP contribution in [0.3, 0.4) is 0 Å². The second-order valence-electron chi connectivity index (χ2n) is 4.51. The van der Waals surface area contributed by atoms with Crippen LogP contribution < -0.4 is 10.4 Å². The molecule has 0 fully saturated rings. The maximum atomic E-state index is 11.5. The van der Waals surface area contributed by atoms with Gasteiger partial charge in [-0.05, 0) is 29.6 Å². The van der Waals surface area contributed by atoms with Crippen molar-refractivity contribution >= 4 is 16.7 Å². The minimum Gasteiger partial charge on any atom is -0.493 e. The third-order valence-electron chi connectivity index (χ3n) is 2.42. The highest BCUT2D eigenvalue weighted by molar-refractivity contribution is 5.80. The summed E-state index contributed by atoms with van der Waals surface area (Å²) in [5.41, 5.74) is 8.03. The van der Waals surface area contributed by atoms with Gasteiger partial charge in [-0.3, -0.25) is 0 Å². The van der Waals surface area contributed by atoms with Crippen molar-refractivity contribution in [2.45, 2.75) is 13.8 Å². The van der Waals surface area contributed by atoms with Crippen molar-refractivity contribution in [3.05, 3.63) is 45.1 Å². The molecule has 0 atom stereocenters. The highest BCUT2D eigenvalue weighted by atomic mass is 16.5. The van der Waals surface area contributed by atoms with E-state index in [1.807, 2.05) is 13.8 Å². The van der Waals surface area contributed by atoms with Gasteiger partial charge in [0.05, 0.1) is 6.61 Å². The van der Waals surface area contributed by atoms with E-state index in [9.17, 15) is 4.79 Å². The van der Waals surface area contributed by atoms with E-state index in [1.165, 1.54) is 6.07 Å². The Morgan fingerprint density at radius 2 is 2.21 bits per heavy atom. The molecule has 0 aliphatic carbocycles. The van der Waals surface area contributed by atoms with Crippen LogP contribution in [0, 0.1) is 5.92 Å². The van der Waals surface area contributed by atoms with Gasteiger partial charge in [-0.1, -0.05) is 19.0 Å². The van der Waals surface area contributed by atoms with Crippen molar-refractivity contribution in [3.63, 3.8) is 0 Å². The molecule has 0 spiro atoms. The topological polar surface area (TPSA) is 88.2 Å². The molecule has 2 aromatic rings. The Bertz CT molecular complexity index is 700. The number of rotatable bonds is 4. The van der Waals surface area contributed by atoms with Crippen LogP contribution in [0.15, 0.2) is 38.6 Å². The molecule has 98 valence electrons. The number of hydrogen-bond acceptors (Lipinski definition) is 4. The van der Waals surface area contributed by atoms with E-state index in [0.29, 0.717) is 29.2 Å². The molecule has 0 radical (unpaired) electrons. The molecule has 0 saturated heterocycles. The molecule has 6 heteroatoms.